The number of nitrogens with zero attached hydrogens (tertiary/aromatic N) is 3. The van der Waals surface area contributed by atoms with Crippen LogP contribution in [0.25, 0.3) is 17.0 Å². The van der Waals surface area contributed by atoms with Crippen LogP contribution in [-0.2, 0) is 9.47 Å². The molecule has 6 nitrogen and oxygen atoms in total. The summed E-state index contributed by atoms with van der Waals surface area (Å²) in [5.41, 5.74) is 2.02. The molecule has 0 bridgehead atoms. The van der Waals surface area contributed by atoms with E-state index < -0.39 is 11.6 Å². The van der Waals surface area contributed by atoms with Crippen LogP contribution in [0.2, 0.25) is 0 Å². The van der Waals surface area contributed by atoms with Crippen LogP contribution in [0.3, 0.4) is 0 Å². The summed E-state index contributed by atoms with van der Waals surface area (Å²) in [6.45, 7) is 5.66. The summed E-state index contributed by atoms with van der Waals surface area (Å²) in [4.78, 5) is 22.5. The molecule has 1 aromatic carbocycles. The molecule has 2 aliphatic heterocycles. The summed E-state index contributed by atoms with van der Waals surface area (Å²) >= 11 is 0. The minimum atomic E-state index is -0.767. The molecule has 3 aromatic rings. The van der Waals surface area contributed by atoms with Gasteiger partial charge in [0.15, 0.2) is 5.82 Å². The Kier molecular flexibility index (Phi) is 5.97. The van der Waals surface area contributed by atoms with Crippen molar-refractivity contribution in [3.05, 3.63) is 63.2 Å². The lowest BCUT2D eigenvalue weighted by Crippen LogP contribution is -2.28. The van der Waals surface area contributed by atoms with Crippen LogP contribution >= 0.6 is 0 Å². The molecule has 0 spiro atoms. The van der Waals surface area contributed by atoms with Gasteiger partial charge in [0.2, 0.25) is 0 Å². The molecule has 3 atom stereocenters. The number of aryl methyl sites for hydroxylation is 1. The Balaban J connectivity index is 1.59. The average molecular weight is 456 g/mol. The Hall–Kier alpha value is -2.71. The van der Waals surface area contributed by atoms with Gasteiger partial charge in [-0.3, -0.25) is 4.79 Å². The van der Waals surface area contributed by atoms with Crippen molar-refractivity contribution in [1.29, 1.82) is 0 Å². The van der Waals surface area contributed by atoms with Crippen LogP contribution in [0.1, 0.15) is 48.6 Å². The maximum atomic E-state index is 14.8. The summed E-state index contributed by atoms with van der Waals surface area (Å²) in [5, 5.41) is 0. The predicted octanol–water partition coefficient (Wildman–Crippen LogP) is 4.34. The van der Waals surface area contributed by atoms with Crippen molar-refractivity contribution in [2.45, 2.75) is 51.6 Å². The maximum Gasteiger partial charge on any atom is 0.262 e. The third-order valence-electron chi connectivity index (χ3n) is 6.88. The lowest BCUT2D eigenvalue weighted by Gasteiger charge is -2.31. The average Bonchev–Trinajstić information content (AvgIpc) is 3.30. The number of halogens is 2. The standard InChI is InChI=1S/C25H27F2N3O3/c1-14-15(2)28-23-12-22(17-6-8-33-19(10-17)9-16-5-7-32-13-16)29-24(30(23)25(14)31)20-4-3-18(26)11-21(20)27/h3-4,11-12,16-17,19H,5-10,13H2,1-2H3/t16-,17?,19?/m1/s1. The normalized spacial score (nSPS) is 23.3. The van der Waals surface area contributed by atoms with Crippen molar-refractivity contribution >= 4 is 5.65 Å². The third-order valence-corrected chi connectivity index (χ3v) is 6.88. The third kappa shape index (κ3) is 4.29. The van der Waals surface area contributed by atoms with Gasteiger partial charge < -0.3 is 9.47 Å². The van der Waals surface area contributed by atoms with E-state index in [1.807, 2.05) is 6.07 Å². The second-order valence-electron chi connectivity index (χ2n) is 9.13. The van der Waals surface area contributed by atoms with Gasteiger partial charge in [-0.15, -0.1) is 0 Å². The molecule has 174 valence electrons. The van der Waals surface area contributed by atoms with Crippen molar-refractivity contribution in [1.82, 2.24) is 14.4 Å². The summed E-state index contributed by atoms with van der Waals surface area (Å²) < 4.78 is 41.2. The molecule has 0 amide bonds. The molecule has 8 heteroatoms. The van der Waals surface area contributed by atoms with Crippen molar-refractivity contribution in [2.75, 3.05) is 19.8 Å². The fourth-order valence-corrected chi connectivity index (χ4v) is 4.89. The topological polar surface area (TPSA) is 65.7 Å². The lowest BCUT2D eigenvalue weighted by atomic mass is 9.88. The SMILES string of the molecule is Cc1nc2cc(C3CCOC(C[C@H]4CCOC4)C3)nc(-c3ccc(F)cc3F)n2c(=O)c1C. The van der Waals surface area contributed by atoms with E-state index in [2.05, 4.69) is 4.98 Å². The molecule has 0 aliphatic carbocycles. The van der Waals surface area contributed by atoms with Crippen LogP contribution in [0.4, 0.5) is 8.78 Å². The van der Waals surface area contributed by atoms with Gasteiger partial charge in [0.05, 0.1) is 11.7 Å². The molecular formula is C25H27F2N3O3. The molecule has 0 N–H and O–H groups in total. The van der Waals surface area contributed by atoms with Gasteiger partial charge in [0.1, 0.15) is 17.3 Å². The number of ether oxygens (including phenoxy) is 2. The summed E-state index contributed by atoms with van der Waals surface area (Å²) in [5.74, 6) is -0.702. The van der Waals surface area contributed by atoms with E-state index in [1.165, 1.54) is 16.5 Å². The first-order chi connectivity index (χ1) is 15.9. The van der Waals surface area contributed by atoms with Gasteiger partial charge in [-0.05, 0) is 57.6 Å². The zero-order chi connectivity index (χ0) is 23.1. The van der Waals surface area contributed by atoms with E-state index in [-0.39, 0.29) is 29.0 Å². The zero-order valence-electron chi connectivity index (χ0n) is 18.8. The molecule has 0 radical (unpaired) electrons. The molecular weight excluding hydrogens is 428 g/mol. The van der Waals surface area contributed by atoms with E-state index in [9.17, 15) is 13.6 Å². The first-order valence-corrected chi connectivity index (χ1v) is 11.5. The van der Waals surface area contributed by atoms with Gasteiger partial charge in [0.25, 0.3) is 5.56 Å². The van der Waals surface area contributed by atoms with E-state index in [1.54, 1.807) is 13.8 Å². The Morgan fingerprint density at radius 1 is 1.12 bits per heavy atom. The maximum absolute atomic E-state index is 14.8. The highest BCUT2D eigenvalue weighted by molar-refractivity contribution is 5.61. The zero-order valence-corrected chi connectivity index (χ0v) is 18.8. The van der Waals surface area contributed by atoms with Crippen LogP contribution in [-0.4, -0.2) is 40.3 Å². The molecule has 2 saturated heterocycles. The highest BCUT2D eigenvalue weighted by atomic mass is 19.1. The second-order valence-corrected chi connectivity index (χ2v) is 9.13. The molecule has 2 aliphatic rings. The molecule has 5 rings (SSSR count). The van der Waals surface area contributed by atoms with Gasteiger partial charge in [-0.25, -0.2) is 23.1 Å². The first-order valence-electron chi connectivity index (χ1n) is 11.5. The van der Waals surface area contributed by atoms with Gasteiger partial charge in [-0.2, -0.15) is 0 Å². The predicted molar refractivity (Wildman–Crippen MR) is 119 cm³/mol. The van der Waals surface area contributed by atoms with E-state index >= 15 is 0 Å². The van der Waals surface area contributed by atoms with E-state index in [4.69, 9.17) is 14.5 Å². The first kappa shape index (κ1) is 22.1. The number of rotatable bonds is 4. The van der Waals surface area contributed by atoms with Gasteiger partial charge in [-0.1, -0.05) is 0 Å². The number of hydrogen-bond acceptors (Lipinski definition) is 5. The quantitative estimate of drug-likeness (QED) is 0.586. The number of fused-ring (bicyclic) bond motifs is 1. The van der Waals surface area contributed by atoms with Gasteiger partial charge in [0, 0.05) is 54.8 Å². The van der Waals surface area contributed by atoms with Crippen molar-refractivity contribution in [3.8, 4) is 11.4 Å². The van der Waals surface area contributed by atoms with Crippen LogP contribution < -0.4 is 5.56 Å². The van der Waals surface area contributed by atoms with Gasteiger partial charge >= 0.3 is 0 Å². The molecule has 2 fully saturated rings. The smallest absolute Gasteiger partial charge is 0.262 e. The highest BCUT2D eigenvalue weighted by Gasteiger charge is 2.30. The van der Waals surface area contributed by atoms with Crippen molar-refractivity contribution in [3.63, 3.8) is 0 Å². The van der Waals surface area contributed by atoms with Crippen LogP contribution in [0.15, 0.2) is 29.1 Å². The van der Waals surface area contributed by atoms with Crippen LogP contribution in [0, 0.1) is 31.4 Å². The molecule has 2 aromatic heterocycles. The summed E-state index contributed by atoms with van der Waals surface area (Å²) in [6.07, 6.45) is 3.67. The molecule has 4 heterocycles. The van der Waals surface area contributed by atoms with E-state index in [0.29, 0.717) is 29.4 Å². The van der Waals surface area contributed by atoms with Crippen molar-refractivity contribution in [2.24, 2.45) is 5.92 Å². The Labute approximate surface area is 190 Å². The van der Waals surface area contributed by atoms with E-state index in [0.717, 1.165) is 50.7 Å². The minimum Gasteiger partial charge on any atom is -0.381 e. The fourth-order valence-electron chi connectivity index (χ4n) is 4.89. The number of hydrogen-bond donors (Lipinski definition) is 0. The molecule has 2 unspecified atom stereocenters. The summed E-state index contributed by atoms with van der Waals surface area (Å²) in [6, 6.07) is 5.13. The number of aromatic nitrogens is 3. The van der Waals surface area contributed by atoms with Crippen molar-refractivity contribution < 1.29 is 18.3 Å². The molecule has 0 saturated carbocycles. The lowest BCUT2D eigenvalue weighted by molar-refractivity contribution is -0.00859. The summed E-state index contributed by atoms with van der Waals surface area (Å²) in [7, 11) is 0. The largest absolute Gasteiger partial charge is 0.381 e. The Morgan fingerprint density at radius 3 is 2.73 bits per heavy atom. The van der Waals surface area contributed by atoms with Crippen LogP contribution in [0.5, 0.6) is 0 Å². The Bertz CT molecular complexity index is 1250. The Morgan fingerprint density at radius 2 is 1.97 bits per heavy atom. The number of benzene rings is 1. The monoisotopic (exact) mass is 455 g/mol. The fraction of sp³-hybridized carbons (Fsp3) is 0.480. The highest BCUT2D eigenvalue weighted by Crippen LogP contribution is 2.34. The second kappa shape index (κ2) is 8.91. The minimum absolute atomic E-state index is 0.0714. The molecule has 33 heavy (non-hydrogen) atoms.